The van der Waals surface area contributed by atoms with Crippen LogP contribution in [0, 0.1) is 0 Å². The first-order valence-corrected chi connectivity index (χ1v) is 5.96. The summed E-state index contributed by atoms with van der Waals surface area (Å²) < 4.78 is 37.9. The van der Waals surface area contributed by atoms with Gasteiger partial charge in [0.1, 0.15) is 5.69 Å². The first-order chi connectivity index (χ1) is 9.84. The molecule has 0 spiro atoms. The molecule has 0 amide bonds. The number of benzene rings is 1. The summed E-state index contributed by atoms with van der Waals surface area (Å²) in [5, 5.41) is 18.9. The highest BCUT2D eigenvalue weighted by molar-refractivity contribution is 5.86. The summed E-state index contributed by atoms with van der Waals surface area (Å²) in [6.07, 6.45) is -3.10. The van der Waals surface area contributed by atoms with E-state index in [9.17, 15) is 23.4 Å². The highest BCUT2D eigenvalue weighted by atomic mass is 19.4. The number of aromatic hydroxyl groups is 2. The number of aromatic nitrogens is 1. The molecule has 1 aromatic carbocycles. The Balaban J connectivity index is 1.93. The fraction of sp³-hybridized carbons (Fsp3) is 0.154. The first-order valence-electron chi connectivity index (χ1n) is 5.96. The summed E-state index contributed by atoms with van der Waals surface area (Å²) >= 11 is 0. The van der Waals surface area contributed by atoms with E-state index in [2.05, 4.69) is 9.98 Å². The Morgan fingerprint density at radius 3 is 2.57 bits per heavy atom. The van der Waals surface area contributed by atoms with E-state index in [1.165, 1.54) is 23.4 Å². The Morgan fingerprint density at radius 1 is 1.19 bits per heavy atom. The molecule has 1 aromatic heterocycles. The minimum Gasteiger partial charge on any atom is -0.494 e. The van der Waals surface area contributed by atoms with Crippen molar-refractivity contribution >= 4 is 17.7 Å². The number of hydrogen-bond donors (Lipinski definition) is 3. The van der Waals surface area contributed by atoms with Crippen LogP contribution in [0.3, 0.4) is 0 Å². The molecule has 110 valence electrons. The molecule has 2 heterocycles. The van der Waals surface area contributed by atoms with Gasteiger partial charge in [0.05, 0.1) is 24.1 Å². The lowest BCUT2D eigenvalue weighted by molar-refractivity contribution is -0.137. The molecule has 0 radical (unpaired) electrons. The molecule has 0 saturated heterocycles. The number of H-pyrrole nitrogens is 1. The molecular weight excluding hydrogens is 287 g/mol. The summed E-state index contributed by atoms with van der Waals surface area (Å²) in [5.41, 5.74) is 0.363. The fourth-order valence-corrected chi connectivity index (χ4v) is 2.14. The van der Waals surface area contributed by atoms with Gasteiger partial charge in [-0.05, 0) is 17.7 Å². The molecule has 0 aliphatic carbocycles. The maximum atomic E-state index is 12.6. The summed E-state index contributed by atoms with van der Waals surface area (Å²) in [4.78, 5) is 7.80. The van der Waals surface area contributed by atoms with Crippen LogP contribution >= 0.6 is 0 Å². The first kappa shape index (κ1) is 13.3. The summed E-state index contributed by atoms with van der Waals surface area (Å²) in [7, 11) is 0. The maximum absolute atomic E-state index is 12.6. The van der Waals surface area contributed by atoms with E-state index < -0.39 is 11.7 Å². The van der Waals surface area contributed by atoms with Gasteiger partial charge in [0, 0.05) is 6.07 Å². The third-order valence-electron chi connectivity index (χ3n) is 3.16. The number of nitrogens with zero attached hydrogens (tertiary/aromatic N) is 2. The van der Waals surface area contributed by atoms with Gasteiger partial charge in [-0.25, -0.2) is 4.99 Å². The molecule has 1 aliphatic rings. The molecule has 1 aliphatic heterocycles. The van der Waals surface area contributed by atoms with E-state index in [4.69, 9.17) is 0 Å². The van der Waals surface area contributed by atoms with Crippen molar-refractivity contribution in [3.05, 3.63) is 35.4 Å². The molecular formula is C13H10F3N3O2. The lowest BCUT2D eigenvalue weighted by atomic mass is 10.1. The fourth-order valence-electron chi connectivity index (χ4n) is 2.14. The van der Waals surface area contributed by atoms with Gasteiger partial charge in [-0.2, -0.15) is 13.2 Å². The maximum Gasteiger partial charge on any atom is 0.416 e. The normalized spacial score (nSPS) is 14.3. The zero-order valence-electron chi connectivity index (χ0n) is 10.5. The van der Waals surface area contributed by atoms with Crippen molar-refractivity contribution < 1.29 is 23.4 Å². The number of hydrogen-bond acceptors (Lipinski definition) is 4. The van der Waals surface area contributed by atoms with Gasteiger partial charge >= 0.3 is 6.18 Å². The Labute approximate surface area is 117 Å². The number of alkyl halides is 3. The monoisotopic (exact) mass is 297 g/mol. The predicted molar refractivity (Wildman–Crippen MR) is 69.9 cm³/mol. The molecule has 5 nitrogen and oxygen atoms in total. The number of anilines is 1. The molecule has 8 heteroatoms. The van der Waals surface area contributed by atoms with Crippen molar-refractivity contribution in [3.8, 4) is 11.8 Å². The minimum absolute atomic E-state index is 0.214. The second-order valence-electron chi connectivity index (χ2n) is 4.60. The van der Waals surface area contributed by atoms with E-state index in [0.717, 1.165) is 12.1 Å². The van der Waals surface area contributed by atoms with Crippen molar-refractivity contribution in [2.45, 2.75) is 12.7 Å². The molecule has 3 N–H and O–H groups in total. The zero-order chi connectivity index (χ0) is 15.2. The van der Waals surface area contributed by atoms with E-state index >= 15 is 0 Å². The highest BCUT2D eigenvalue weighted by Crippen LogP contribution is 2.37. The third kappa shape index (κ3) is 2.39. The van der Waals surface area contributed by atoms with Gasteiger partial charge in [0.15, 0.2) is 5.88 Å². The Hall–Kier alpha value is -2.64. The quantitative estimate of drug-likeness (QED) is 0.757. The number of fused-ring (bicyclic) bond motifs is 1. The van der Waals surface area contributed by atoms with Crippen LogP contribution in [-0.2, 0) is 12.7 Å². The molecule has 21 heavy (non-hydrogen) atoms. The highest BCUT2D eigenvalue weighted by Gasteiger charge is 2.31. The van der Waals surface area contributed by atoms with Crippen molar-refractivity contribution in [2.75, 3.05) is 4.90 Å². The third-order valence-corrected chi connectivity index (χ3v) is 3.16. The van der Waals surface area contributed by atoms with Crippen molar-refractivity contribution in [2.24, 2.45) is 4.99 Å². The van der Waals surface area contributed by atoms with E-state index in [1.54, 1.807) is 0 Å². The summed E-state index contributed by atoms with van der Waals surface area (Å²) in [5.74, 6) is -0.455. The van der Waals surface area contributed by atoms with Crippen LogP contribution in [-0.4, -0.2) is 21.5 Å². The molecule has 0 unspecified atom stereocenters. The molecule has 0 saturated carbocycles. The molecule has 0 fully saturated rings. The Kier molecular flexibility index (Phi) is 2.82. The lowest BCUT2D eigenvalue weighted by Crippen LogP contribution is -2.23. The van der Waals surface area contributed by atoms with Gasteiger partial charge in [-0.1, -0.05) is 6.07 Å². The van der Waals surface area contributed by atoms with Gasteiger partial charge in [-0.15, -0.1) is 0 Å². The van der Waals surface area contributed by atoms with E-state index in [0.29, 0.717) is 11.3 Å². The van der Waals surface area contributed by atoms with Crippen molar-refractivity contribution in [1.82, 2.24) is 4.98 Å². The van der Waals surface area contributed by atoms with Gasteiger partial charge in [0.2, 0.25) is 5.88 Å². The van der Waals surface area contributed by atoms with Crippen molar-refractivity contribution in [3.63, 3.8) is 0 Å². The van der Waals surface area contributed by atoms with Crippen LogP contribution in [0.15, 0.2) is 29.3 Å². The average molecular weight is 297 g/mol. The van der Waals surface area contributed by atoms with Crippen LogP contribution in [0.2, 0.25) is 0 Å². The second kappa shape index (κ2) is 4.44. The smallest absolute Gasteiger partial charge is 0.416 e. The number of aliphatic imine (C=N–C) groups is 1. The SMILES string of the molecule is Oc1cc(N2C=Nc3cc(C(F)(F)F)ccc3C2)c(O)[nH]1. The molecule has 0 bridgehead atoms. The van der Waals surface area contributed by atoms with Crippen LogP contribution in [0.1, 0.15) is 11.1 Å². The molecule has 3 rings (SSSR count). The number of aromatic amines is 1. The number of rotatable bonds is 1. The zero-order valence-corrected chi connectivity index (χ0v) is 10.5. The standard InChI is InChI=1S/C13H10F3N3O2/c14-13(15,16)8-2-1-7-5-19(6-17-9(7)3-8)10-4-11(20)18-12(10)21/h1-4,6,18,20-21H,5H2. The lowest BCUT2D eigenvalue weighted by Gasteiger charge is -2.23. The number of nitrogens with one attached hydrogen (secondary N) is 1. The summed E-state index contributed by atoms with van der Waals surface area (Å²) in [6.45, 7) is 0.238. The van der Waals surface area contributed by atoms with Gasteiger partial charge < -0.3 is 15.1 Å². The average Bonchev–Trinajstić information content (AvgIpc) is 2.75. The number of halogens is 3. The Bertz CT molecular complexity index is 722. The Morgan fingerprint density at radius 2 is 1.95 bits per heavy atom. The van der Waals surface area contributed by atoms with Crippen LogP contribution in [0.5, 0.6) is 11.8 Å². The molecule has 0 atom stereocenters. The van der Waals surface area contributed by atoms with Crippen molar-refractivity contribution in [1.29, 1.82) is 0 Å². The summed E-state index contributed by atoms with van der Waals surface area (Å²) in [6, 6.07) is 4.63. The van der Waals surface area contributed by atoms with Crippen LogP contribution in [0.4, 0.5) is 24.5 Å². The largest absolute Gasteiger partial charge is 0.494 e. The van der Waals surface area contributed by atoms with E-state index in [-0.39, 0.29) is 24.0 Å². The predicted octanol–water partition coefficient (Wildman–Crippen LogP) is 3.12. The molecule has 2 aromatic rings. The minimum atomic E-state index is -4.41. The van der Waals surface area contributed by atoms with Crippen LogP contribution < -0.4 is 4.90 Å². The van der Waals surface area contributed by atoms with Gasteiger partial charge in [-0.3, -0.25) is 4.98 Å². The van der Waals surface area contributed by atoms with Crippen LogP contribution in [0.25, 0.3) is 0 Å². The topological polar surface area (TPSA) is 71.8 Å². The van der Waals surface area contributed by atoms with E-state index in [1.807, 2.05) is 0 Å². The van der Waals surface area contributed by atoms with Gasteiger partial charge in [0.25, 0.3) is 0 Å². The second-order valence-corrected chi connectivity index (χ2v) is 4.60.